The van der Waals surface area contributed by atoms with Crippen molar-refractivity contribution in [3.8, 4) is 0 Å². The number of hydrogen-bond donors (Lipinski definition) is 3. The molecule has 0 spiro atoms. The first kappa shape index (κ1) is 19.2. The zero-order valence-electron chi connectivity index (χ0n) is 13.2. The normalized spacial score (nSPS) is 23.3. The Kier molecular flexibility index (Phi) is 5.10. The first-order valence-electron chi connectivity index (χ1n) is 7.79. The van der Waals surface area contributed by atoms with Gasteiger partial charge in [-0.15, -0.1) is 0 Å². The predicted molar refractivity (Wildman–Crippen MR) is 98.8 cm³/mol. The molecule has 7 nitrogen and oxygen atoms in total. The van der Waals surface area contributed by atoms with Crippen LogP contribution in [0.2, 0.25) is 10.0 Å². The molecule has 1 aliphatic carbocycles. The van der Waals surface area contributed by atoms with Crippen molar-refractivity contribution in [2.75, 3.05) is 18.0 Å². The molecule has 1 unspecified atom stereocenters. The number of nitrogens with zero attached hydrogens (tertiary/aromatic N) is 1. The molecule has 1 amide bonds. The monoisotopic (exact) mass is 391 g/mol. The second-order valence-corrected chi connectivity index (χ2v) is 7.18. The van der Waals surface area contributed by atoms with Crippen molar-refractivity contribution in [3.63, 3.8) is 0 Å². The maximum atomic E-state index is 12.4. The van der Waals surface area contributed by atoms with E-state index >= 15 is 0 Å². The molecule has 0 radical (unpaired) electrons. The van der Waals surface area contributed by atoms with Gasteiger partial charge in [-0.1, -0.05) is 23.2 Å². The topological polar surface area (TPSA) is 98.6 Å². The van der Waals surface area contributed by atoms with Crippen LogP contribution >= 0.6 is 23.2 Å². The van der Waals surface area contributed by atoms with Crippen LogP contribution in [0.15, 0.2) is 16.5 Å². The Labute approximate surface area is 171 Å². The molecule has 1 saturated heterocycles. The summed E-state index contributed by atoms with van der Waals surface area (Å²) in [6.07, 6.45) is 0. The molecule has 1 aliphatic heterocycles. The van der Waals surface area contributed by atoms with Gasteiger partial charge in [0.25, 0.3) is 5.91 Å². The van der Waals surface area contributed by atoms with E-state index in [4.69, 9.17) is 32.7 Å². The number of anilines is 1. The van der Waals surface area contributed by atoms with Crippen LogP contribution in [0.25, 0.3) is 0 Å². The van der Waals surface area contributed by atoms with E-state index in [-0.39, 0.29) is 47.3 Å². The molecule has 26 heavy (non-hydrogen) atoms. The fourth-order valence-corrected chi connectivity index (χ4v) is 3.90. The van der Waals surface area contributed by atoms with Crippen molar-refractivity contribution in [3.05, 3.63) is 39.3 Å². The molecule has 2 fully saturated rings. The summed E-state index contributed by atoms with van der Waals surface area (Å²) in [5, 5.41) is 12.5. The quantitative estimate of drug-likeness (QED) is 0.693. The van der Waals surface area contributed by atoms with Crippen molar-refractivity contribution in [1.82, 2.24) is 10.3 Å². The number of furan rings is 1. The van der Waals surface area contributed by atoms with Gasteiger partial charge in [0.1, 0.15) is 5.69 Å². The van der Waals surface area contributed by atoms with Gasteiger partial charge in [-0.05, 0) is 13.0 Å². The third-order valence-electron chi connectivity index (χ3n) is 4.89. The number of rotatable bonds is 4. The number of carbonyl (C=O) groups excluding carboxylic acids is 1. The van der Waals surface area contributed by atoms with Crippen molar-refractivity contribution in [1.29, 1.82) is 0 Å². The van der Waals surface area contributed by atoms with Gasteiger partial charge in [-0.2, -0.15) is 0 Å². The van der Waals surface area contributed by atoms with E-state index in [9.17, 15) is 9.59 Å². The van der Waals surface area contributed by atoms with Gasteiger partial charge in [0.2, 0.25) is 5.76 Å². The number of fused-ring (bicyclic) bond motifs is 1. The van der Waals surface area contributed by atoms with Gasteiger partial charge in [-0.3, -0.25) is 4.79 Å². The molecular weight excluding hydrogens is 376 g/mol. The van der Waals surface area contributed by atoms with Gasteiger partial charge in [-0.25, -0.2) is 4.79 Å². The van der Waals surface area contributed by atoms with E-state index < -0.39 is 5.97 Å². The fraction of sp³-hybridized carbons (Fsp3) is 0.375. The Bertz CT molecular complexity index is 869. The number of aromatic nitrogens is 1. The minimum absolute atomic E-state index is 0. The SMILES string of the molecule is Cc1[nH]c(C(=O)NC2[C@H]3CN(c4ccc(C(=O)O)o4)C[C@@H]23)c(Cl)c1Cl.[LiH]. The van der Waals surface area contributed by atoms with Gasteiger partial charge in [0.15, 0.2) is 5.88 Å². The number of piperidine rings is 1. The number of aryl methyl sites for hydroxylation is 1. The van der Waals surface area contributed by atoms with Crippen LogP contribution in [0.3, 0.4) is 0 Å². The maximum absolute atomic E-state index is 12.4. The molecule has 2 aliphatic rings. The summed E-state index contributed by atoms with van der Waals surface area (Å²) in [6.45, 7) is 3.17. The molecule has 3 N–H and O–H groups in total. The zero-order chi connectivity index (χ0) is 17.9. The number of halogens is 2. The molecular formula is C16H16Cl2LiN3O4. The molecule has 2 aromatic rings. The number of carbonyl (C=O) groups is 2. The van der Waals surface area contributed by atoms with Crippen LogP contribution in [0.5, 0.6) is 0 Å². The number of hydrogen-bond acceptors (Lipinski definition) is 4. The Hall–Kier alpha value is -1.52. The molecule has 2 aromatic heterocycles. The molecule has 10 heteroatoms. The van der Waals surface area contributed by atoms with E-state index in [0.717, 1.165) is 0 Å². The first-order valence-corrected chi connectivity index (χ1v) is 8.55. The number of carboxylic acid groups (broad SMARTS) is 1. The number of H-pyrrole nitrogens is 1. The van der Waals surface area contributed by atoms with Crippen LogP contribution in [-0.4, -0.2) is 60.0 Å². The standard InChI is InChI=1S/C16H15Cl2N3O4.Li.H/c1-6-11(17)12(18)14(19-6)15(22)20-13-7-4-21(5-8(7)13)10-3-2-9(25-10)16(23)24;;/h2-3,7-8,13,19H,4-5H2,1H3,(H,20,22)(H,23,24);;/t7-,8+,13?;;. The second-order valence-electron chi connectivity index (χ2n) is 6.43. The molecule has 0 aromatic carbocycles. The van der Waals surface area contributed by atoms with Crippen LogP contribution in [0, 0.1) is 18.8 Å². The van der Waals surface area contributed by atoms with Crippen molar-refractivity contribution in [2.24, 2.45) is 11.8 Å². The average Bonchev–Trinajstić information content (AvgIpc) is 3.02. The summed E-state index contributed by atoms with van der Waals surface area (Å²) in [7, 11) is 0. The van der Waals surface area contributed by atoms with Crippen molar-refractivity contribution >= 4 is 59.8 Å². The molecule has 1 saturated carbocycles. The molecule has 3 atom stereocenters. The summed E-state index contributed by atoms with van der Waals surface area (Å²) in [4.78, 5) is 28.1. The molecule has 134 valence electrons. The number of aromatic carboxylic acids is 1. The molecule has 3 heterocycles. The van der Waals surface area contributed by atoms with Gasteiger partial charge in [0.05, 0.1) is 10.0 Å². The predicted octanol–water partition coefficient (Wildman–Crippen LogP) is 2.14. The van der Waals surface area contributed by atoms with E-state index in [1.54, 1.807) is 13.0 Å². The molecule has 4 rings (SSSR count). The Morgan fingerprint density at radius 1 is 1.27 bits per heavy atom. The zero-order valence-corrected chi connectivity index (χ0v) is 14.7. The van der Waals surface area contributed by atoms with Crippen molar-refractivity contribution < 1.29 is 19.1 Å². The van der Waals surface area contributed by atoms with E-state index in [0.29, 0.717) is 41.5 Å². The third-order valence-corrected chi connectivity index (χ3v) is 5.83. The van der Waals surface area contributed by atoms with Crippen LogP contribution in [0.4, 0.5) is 5.88 Å². The Morgan fingerprint density at radius 3 is 2.42 bits per heavy atom. The van der Waals surface area contributed by atoms with Crippen LogP contribution < -0.4 is 10.2 Å². The summed E-state index contributed by atoms with van der Waals surface area (Å²) in [5.74, 6) is -0.256. The van der Waals surface area contributed by atoms with Crippen LogP contribution in [-0.2, 0) is 0 Å². The van der Waals surface area contributed by atoms with Crippen LogP contribution in [0.1, 0.15) is 26.7 Å². The molecule has 0 bridgehead atoms. The first-order chi connectivity index (χ1) is 11.9. The number of amides is 1. The Balaban J connectivity index is 0.00000196. The van der Waals surface area contributed by atoms with E-state index in [1.807, 2.05) is 4.90 Å². The number of nitrogens with one attached hydrogen (secondary N) is 2. The Morgan fingerprint density at radius 2 is 1.92 bits per heavy atom. The minimum atomic E-state index is -1.09. The van der Waals surface area contributed by atoms with E-state index in [2.05, 4.69) is 10.3 Å². The average molecular weight is 392 g/mol. The number of aromatic amines is 1. The number of carboxylic acids is 1. The second kappa shape index (κ2) is 6.89. The van der Waals surface area contributed by atoms with Crippen molar-refractivity contribution in [2.45, 2.75) is 13.0 Å². The summed E-state index contributed by atoms with van der Waals surface area (Å²) in [6, 6.07) is 3.18. The summed E-state index contributed by atoms with van der Waals surface area (Å²) < 4.78 is 5.32. The fourth-order valence-electron chi connectivity index (χ4n) is 3.48. The van der Waals surface area contributed by atoms with Gasteiger partial charge in [0, 0.05) is 42.7 Å². The van der Waals surface area contributed by atoms with E-state index in [1.165, 1.54) is 6.07 Å². The summed E-state index contributed by atoms with van der Waals surface area (Å²) >= 11 is 12.1. The summed E-state index contributed by atoms with van der Waals surface area (Å²) in [5.41, 5.74) is 0.939. The van der Waals surface area contributed by atoms with Gasteiger partial charge >= 0.3 is 24.8 Å². The van der Waals surface area contributed by atoms with Gasteiger partial charge < -0.3 is 24.7 Å². The third kappa shape index (κ3) is 3.14.